The summed E-state index contributed by atoms with van der Waals surface area (Å²) in [5.41, 5.74) is 3.33. The number of fused-ring (bicyclic) bond motifs is 1. The van der Waals surface area contributed by atoms with E-state index < -0.39 is 5.97 Å². The number of pyridine rings is 1. The number of rotatable bonds is 5. The number of aliphatic hydroxyl groups is 1. The van der Waals surface area contributed by atoms with Gasteiger partial charge in [-0.1, -0.05) is 0 Å². The van der Waals surface area contributed by atoms with E-state index >= 15 is 0 Å². The van der Waals surface area contributed by atoms with Crippen LogP contribution in [0.4, 0.5) is 5.95 Å². The number of hydrogen-bond acceptors (Lipinski definition) is 7. The maximum Gasteiger partial charge on any atom is 0.335 e. The number of hydrogen-bond donors (Lipinski definition) is 2. The molecule has 0 radical (unpaired) electrons. The first-order valence-corrected chi connectivity index (χ1v) is 8.08. The standard InChI is InChI=1S/C17H16N6O3/c24-6-5-23-15-10-22(9-12(15)8-20-23)17-19-4-2-13(21-17)14-7-11(16(25)26)1-3-18-14/h1-4,7-8,24H,5-6,9-10H2,(H,25,26). The summed E-state index contributed by atoms with van der Waals surface area (Å²) in [5.74, 6) is -0.469. The minimum atomic E-state index is -1.01. The van der Waals surface area contributed by atoms with Crippen LogP contribution in [-0.4, -0.2) is 47.5 Å². The fourth-order valence-corrected chi connectivity index (χ4v) is 2.98. The van der Waals surface area contributed by atoms with Gasteiger partial charge in [-0.2, -0.15) is 5.10 Å². The Morgan fingerprint density at radius 2 is 2.00 bits per heavy atom. The fourth-order valence-electron chi connectivity index (χ4n) is 2.98. The highest BCUT2D eigenvalue weighted by atomic mass is 16.4. The summed E-state index contributed by atoms with van der Waals surface area (Å²) in [7, 11) is 0. The average Bonchev–Trinajstić information content (AvgIpc) is 3.24. The number of aliphatic hydroxyl groups excluding tert-OH is 1. The number of aromatic nitrogens is 5. The number of carbonyl (C=O) groups is 1. The van der Waals surface area contributed by atoms with Gasteiger partial charge in [0.1, 0.15) is 0 Å². The van der Waals surface area contributed by atoms with Gasteiger partial charge in [-0.25, -0.2) is 14.8 Å². The molecule has 9 heteroatoms. The van der Waals surface area contributed by atoms with Crippen molar-refractivity contribution < 1.29 is 15.0 Å². The van der Waals surface area contributed by atoms with Gasteiger partial charge in [0, 0.05) is 24.5 Å². The van der Waals surface area contributed by atoms with Crippen molar-refractivity contribution in [2.45, 2.75) is 19.6 Å². The third kappa shape index (κ3) is 2.88. The number of carboxylic acids is 1. The van der Waals surface area contributed by atoms with Gasteiger partial charge in [-0.15, -0.1) is 0 Å². The lowest BCUT2D eigenvalue weighted by Gasteiger charge is -2.16. The summed E-state index contributed by atoms with van der Waals surface area (Å²) >= 11 is 0. The first kappa shape index (κ1) is 16.2. The zero-order valence-electron chi connectivity index (χ0n) is 13.8. The van der Waals surface area contributed by atoms with Crippen molar-refractivity contribution in [3.63, 3.8) is 0 Å². The molecule has 0 aliphatic carbocycles. The van der Waals surface area contributed by atoms with Crippen LogP contribution >= 0.6 is 0 Å². The quantitative estimate of drug-likeness (QED) is 0.697. The average molecular weight is 352 g/mol. The van der Waals surface area contributed by atoms with E-state index in [9.17, 15) is 4.79 Å². The molecule has 0 aromatic carbocycles. The summed E-state index contributed by atoms with van der Waals surface area (Å²) < 4.78 is 1.79. The van der Waals surface area contributed by atoms with Crippen molar-refractivity contribution in [1.29, 1.82) is 0 Å². The lowest BCUT2D eigenvalue weighted by atomic mass is 10.2. The number of carboxylic acid groups (broad SMARTS) is 1. The molecule has 0 atom stereocenters. The highest BCUT2D eigenvalue weighted by Gasteiger charge is 2.25. The monoisotopic (exact) mass is 352 g/mol. The third-order valence-electron chi connectivity index (χ3n) is 4.24. The Labute approximate surface area is 148 Å². The molecule has 1 aliphatic rings. The molecule has 0 bridgehead atoms. The maximum absolute atomic E-state index is 11.1. The van der Waals surface area contributed by atoms with Crippen molar-refractivity contribution in [3.05, 3.63) is 53.6 Å². The Morgan fingerprint density at radius 1 is 1.15 bits per heavy atom. The normalized spacial score (nSPS) is 13.0. The van der Waals surface area contributed by atoms with E-state index in [4.69, 9.17) is 10.2 Å². The topological polar surface area (TPSA) is 117 Å². The van der Waals surface area contributed by atoms with Crippen molar-refractivity contribution >= 4 is 11.9 Å². The molecule has 9 nitrogen and oxygen atoms in total. The van der Waals surface area contributed by atoms with Crippen LogP contribution in [0.5, 0.6) is 0 Å². The van der Waals surface area contributed by atoms with E-state index in [0.717, 1.165) is 11.3 Å². The lowest BCUT2D eigenvalue weighted by molar-refractivity contribution is 0.0697. The van der Waals surface area contributed by atoms with Crippen molar-refractivity contribution in [1.82, 2.24) is 24.7 Å². The van der Waals surface area contributed by atoms with E-state index in [1.807, 2.05) is 4.90 Å². The van der Waals surface area contributed by atoms with Crippen LogP contribution in [0.1, 0.15) is 21.6 Å². The maximum atomic E-state index is 11.1. The minimum absolute atomic E-state index is 0.0334. The van der Waals surface area contributed by atoms with E-state index in [1.165, 1.54) is 18.3 Å². The van der Waals surface area contributed by atoms with Gasteiger partial charge in [0.05, 0.1) is 48.5 Å². The van der Waals surface area contributed by atoms with Gasteiger partial charge < -0.3 is 15.1 Å². The van der Waals surface area contributed by atoms with Gasteiger partial charge in [0.2, 0.25) is 5.95 Å². The van der Waals surface area contributed by atoms with E-state index in [-0.39, 0.29) is 12.2 Å². The van der Waals surface area contributed by atoms with Gasteiger partial charge >= 0.3 is 5.97 Å². The molecule has 0 fully saturated rings. The first-order valence-electron chi connectivity index (χ1n) is 8.08. The minimum Gasteiger partial charge on any atom is -0.478 e. The van der Waals surface area contributed by atoms with Gasteiger partial charge in [-0.05, 0) is 18.2 Å². The van der Waals surface area contributed by atoms with Crippen LogP contribution < -0.4 is 4.90 Å². The number of nitrogens with zero attached hydrogens (tertiary/aromatic N) is 6. The third-order valence-corrected chi connectivity index (χ3v) is 4.24. The van der Waals surface area contributed by atoms with Gasteiger partial charge in [-0.3, -0.25) is 9.67 Å². The Morgan fingerprint density at radius 3 is 2.81 bits per heavy atom. The van der Waals surface area contributed by atoms with Crippen molar-refractivity contribution in [3.8, 4) is 11.4 Å². The van der Waals surface area contributed by atoms with Crippen LogP contribution in [0.3, 0.4) is 0 Å². The molecule has 2 N–H and O–H groups in total. The zero-order chi connectivity index (χ0) is 18.1. The molecule has 0 spiro atoms. The fraction of sp³-hybridized carbons (Fsp3) is 0.235. The largest absolute Gasteiger partial charge is 0.478 e. The summed E-state index contributed by atoms with van der Waals surface area (Å²) in [6.07, 6.45) is 4.89. The predicted octanol–water partition coefficient (Wildman–Crippen LogP) is 0.946. The molecular formula is C17H16N6O3. The highest BCUT2D eigenvalue weighted by Crippen LogP contribution is 2.27. The van der Waals surface area contributed by atoms with Crippen LogP contribution in [0.25, 0.3) is 11.4 Å². The Hall–Kier alpha value is -3.33. The van der Waals surface area contributed by atoms with E-state index in [2.05, 4.69) is 20.1 Å². The zero-order valence-corrected chi connectivity index (χ0v) is 13.8. The first-order chi connectivity index (χ1) is 12.7. The van der Waals surface area contributed by atoms with Gasteiger partial charge in [0.15, 0.2) is 0 Å². The van der Waals surface area contributed by atoms with Crippen LogP contribution in [0.15, 0.2) is 36.8 Å². The molecule has 132 valence electrons. The van der Waals surface area contributed by atoms with Crippen LogP contribution in [0.2, 0.25) is 0 Å². The molecule has 26 heavy (non-hydrogen) atoms. The highest BCUT2D eigenvalue weighted by molar-refractivity contribution is 5.88. The molecule has 3 aromatic heterocycles. The summed E-state index contributed by atoms with van der Waals surface area (Å²) in [6, 6.07) is 4.64. The van der Waals surface area contributed by atoms with Crippen molar-refractivity contribution in [2.24, 2.45) is 0 Å². The molecular weight excluding hydrogens is 336 g/mol. The number of aromatic carboxylic acids is 1. The Balaban J connectivity index is 1.61. The number of anilines is 1. The van der Waals surface area contributed by atoms with Crippen LogP contribution in [0, 0.1) is 0 Å². The molecule has 0 unspecified atom stereocenters. The predicted molar refractivity (Wildman–Crippen MR) is 91.4 cm³/mol. The SMILES string of the molecule is O=C(O)c1ccnc(-c2ccnc(N3Cc4cnn(CCO)c4C3)n2)c1. The van der Waals surface area contributed by atoms with Crippen molar-refractivity contribution in [2.75, 3.05) is 11.5 Å². The second-order valence-electron chi connectivity index (χ2n) is 5.90. The van der Waals surface area contributed by atoms with E-state index in [1.54, 1.807) is 23.1 Å². The molecule has 0 amide bonds. The second kappa shape index (κ2) is 6.52. The lowest BCUT2D eigenvalue weighted by Crippen LogP contribution is -2.20. The van der Waals surface area contributed by atoms with E-state index in [0.29, 0.717) is 37.0 Å². The summed E-state index contributed by atoms with van der Waals surface area (Å²) in [5, 5.41) is 22.5. The van der Waals surface area contributed by atoms with Crippen LogP contribution in [-0.2, 0) is 19.6 Å². The molecule has 0 saturated heterocycles. The molecule has 4 rings (SSSR count). The molecule has 0 saturated carbocycles. The second-order valence-corrected chi connectivity index (χ2v) is 5.90. The summed E-state index contributed by atoms with van der Waals surface area (Å²) in [4.78, 5) is 26.2. The smallest absolute Gasteiger partial charge is 0.335 e. The molecule has 1 aliphatic heterocycles. The molecule has 3 aromatic rings. The Kier molecular flexibility index (Phi) is 4.05. The molecule has 4 heterocycles. The van der Waals surface area contributed by atoms with Gasteiger partial charge in [0.25, 0.3) is 0 Å². The Bertz CT molecular complexity index is 971. The summed E-state index contributed by atoms with van der Waals surface area (Å²) in [6.45, 7) is 1.72.